The van der Waals surface area contributed by atoms with E-state index in [1.165, 1.54) is 0 Å². The molecule has 0 amide bonds. The lowest BCUT2D eigenvalue weighted by atomic mass is 9.95. The summed E-state index contributed by atoms with van der Waals surface area (Å²) in [6.45, 7) is 4.39. The van der Waals surface area contributed by atoms with E-state index in [0.29, 0.717) is 5.92 Å². The van der Waals surface area contributed by atoms with Gasteiger partial charge in [0, 0.05) is 5.39 Å². The Labute approximate surface area is 101 Å². The van der Waals surface area contributed by atoms with Gasteiger partial charge in [0.05, 0.1) is 11.1 Å². The lowest BCUT2D eigenvalue weighted by Gasteiger charge is -2.12. The zero-order chi connectivity index (χ0) is 12.3. The number of aromatic nitrogens is 2. The second-order valence-electron chi connectivity index (χ2n) is 4.43. The highest BCUT2D eigenvalue weighted by atomic mass is 16.1. The fraction of sp³-hybridized carbons (Fsp3) is 0.429. The number of hydrogen-bond acceptors (Lipinski definition) is 2. The molecule has 0 fully saturated rings. The predicted octanol–water partition coefficient (Wildman–Crippen LogP) is 2.90. The fourth-order valence-electron chi connectivity index (χ4n) is 2.18. The molecule has 1 N–H and O–H groups in total. The van der Waals surface area contributed by atoms with Crippen molar-refractivity contribution in [3.63, 3.8) is 0 Å². The quantitative estimate of drug-likeness (QED) is 0.877. The Morgan fingerprint density at radius 3 is 2.47 bits per heavy atom. The molecule has 0 saturated carbocycles. The monoisotopic (exact) mass is 230 g/mol. The number of rotatable bonds is 4. The second-order valence-corrected chi connectivity index (χ2v) is 4.43. The van der Waals surface area contributed by atoms with Gasteiger partial charge in [0.15, 0.2) is 0 Å². The summed E-state index contributed by atoms with van der Waals surface area (Å²) < 4.78 is 0. The minimum atomic E-state index is -0.103. The molecule has 1 heterocycles. The highest BCUT2D eigenvalue weighted by molar-refractivity contribution is 5.83. The van der Waals surface area contributed by atoms with Gasteiger partial charge < -0.3 is 0 Å². The zero-order valence-corrected chi connectivity index (χ0v) is 10.4. The summed E-state index contributed by atoms with van der Waals surface area (Å²) in [6.07, 6.45) is 3.22. The average molecular weight is 230 g/mol. The number of H-pyrrole nitrogens is 1. The van der Waals surface area contributed by atoms with E-state index in [2.05, 4.69) is 24.0 Å². The Kier molecular flexibility index (Phi) is 3.57. The molecular formula is C14H18N2O. The first kappa shape index (κ1) is 11.8. The van der Waals surface area contributed by atoms with E-state index in [9.17, 15) is 4.79 Å². The molecule has 0 aliphatic carbocycles. The van der Waals surface area contributed by atoms with Gasteiger partial charge in [-0.2, -0.15) is 5.10 Å². The average Bonchev–Trinajstić information content (AvgIpc) is 2.38. The molecule has 0 bridgehead atoms. The lowest BCUT2D eigenvalue weighted by molar-refractivity contribution is 0.484. The van der Waals surface area contributed by atoms with E-state index >= 15 is 0 Å². The molecule has 0 radical (unpaired) electrons. The van der Waals surface area contributed by atoms with Crippen molar-refractivity contribution >= 4 is 10.8 Å². The van der Waals surface area contributed by atoms with Crippen molar-refractivity contribution in [2.45, 2.75) is 33.1 Å². The molecule has 0 aliphatic rings. The summed E-state index contributed by atoms with van der Waals surface area (Å²) >= 11 is 0. The van der Waals surface area contributed by atoms with Gasteiger partial charge in [-0.1, -0.05) is 44.9 Å². The van der Waals surface area contributed by atoms with Crippen molar-refractivity contribution in [2.24, 2.45) is 5.92 Å². The largest absolute Gasteiger partial charge is 0.272 e. The second kappa shape index (κ2) is 5.13. The first-order chi connectivity index (χ1) is 8.26. The molecule has 0 aliphatic heterocycles. The fourth-order valence-corrected chi connectivity index (χ4v) is 2.18. The maximum Gasteiger partial charge on any atom is 0.272 e. The maximum atomic E-state index is 11.6. The van der Waals surface area contributed by atoms with Crippen LogP contribution in [0.25, 0.3) is 10.8 Å². The van der Waals surface area contributed by atoms with Gasteiger partial charge in [-0.3, -0.25) is 4.79 Å². The highest BCUT2D eigenvalue weighted by Crippen LogP contribution is 2.19. The summed E-state index contributed by atoms with van der Waals surface area (Å²) in [5.74, 6) is 0.636. The van der Waals surface area contributed by atoms with Gasteiger partial charge in [-0.15, -0.1) is 0 Å². The normalized spacial score (nSPS) is 11.2. The Hall–Kier alpha value is -1.64. The third-order valence-electron chi connectivity index (χ3n) is 3.41. The van der Waals surface area contributed by atoms with Crippen LogP contribution in [0.2, 0.25) is 0 Å². The molecule has 2 rings (SSSR count). The van der Waals surface area contributed by atoms with Crippen LogP contribution in [0.3, 0.4) is 0 Å². The summed E-state index contributed by atoms with van der Waals surface area (Å²) in [6, 6.07) is 7.68. The Morgan fingerprint density at radius 1 is 1.18 bits per heavy atom. The molecule has 2 aromatic rings. The van der Waals surface area contributed by atoms with Crippen molar-refractivity contribution < 1.29 is 0 Å². The molecule has 0 unspecified atom stereocenters. The van der Waals surface area contributed by atoms with Gasteiger partial charge >= 0.3 is 0 Å². The molecule has 0 spiro atoms. The van der Waals surface area contributed by atoms with Crippen molar-refractivity contribution in [1.29, 1.82) is 0 Å². The summed E-state index contributed by atoms with van der Waals surface area (Å²) in [5, 5.41) is 8.52. The van der Waals surface area contributed by atoms with Crippen molar-refractivity contribution in [2.75, 3.05) is 0 Å². The topological polar surface area (TPSA) is 45.8 Å². The molecule has 0 saturated heterocycles. The van der Waals surface area contributed by atoms with Crippen LogP contribution in [-0.2, 0) is 6.42 Å². The maximum absolute atomic E-state index is 11.6. The van der Waals surface area contributed by atoms with Crippen molar-refractivity contribution in [3.8, 4) is 0 Å². The van der Waals surface area contributed by atoms with E-state index in [1.807, 2.05) is 24.3 Å². The molecule has 3 heteroatoms. The third-order valence-corrected chi connectivity index (χ3v) is 3.41. The number of benzene rings is 1. The molecule has 17 heavy (non-hydrogen) atoms. The van der Waals surface area contributed by atoms with Gasteiger partial charge in [0.1, 0.15) is 0 Å². The van der Waals surface area contributed by atoms with Crippen molar-refractivity contribution in [3.05, 3.63) is 40.3 Å². The van der Waals surface area contributed by atoms with E-state index in [4.69, 9.17) is 0 Å². The predicted molar refractivity (Wildman–Crippen MR) is 70.1 cm³/mol. The van der Waals surface area contributed by atoms with Gasteiger partial charge in [0.2, 0.25) is 0 Å². The molecular weight excluding hydrogens is 212 g/mol. The molecule has 0 atom stereocenters. The number of nitrogens with one attached hydrogen (secondary N) is 1. The summed E-state index contributed by atoms with van der Waals surface area (Å²) in [5.41, 5.74) is 0.905. The van der Waals surface area contributed by atoms with Gasteiger partial charge in [-0.05, 0) is 18.4 Å². The van der Waals surface area contributed by atoms with Crippen LogP contribution < -0.4 is 5.56 Å². The number of fused-ring (bicyclic) bond motifs is 1. The minimum Gasteiger partial charge on any atom is -0.267 e. The SMILES string of the molecule is CCC(CC)Cc1n[nH]c(=O)c2ccccc12. The summed E-state index contributed by atoms with van der Waals surface area (Å²) in [4.78, 5) is 11.6. The first-order valence-electron chi connectivity index (χ1n) is 6.22. The third kappa shape index (κ3) is 2.38. The van der Waals surface area contributed by atoms with E-state index in [0.717, 1.165) is 35.7 Å². The van der Waals surface area contributed by atoms with Crippen LogP contribution in [0.1, 0.15) is 32.4 Å². The van der Waals surface area contributed by atoms with Crippen LogP contribution in [0.15, 0.2) is 29.1 Å². The number of aromatic amines is 1. The van der Waals surface area contributed by atoms with Gasteiger partial charge in [0.25, 0.3) is 5.56 Å². The van der Waals surface area contributed by atoms with E-state index in [1.54, 1.807) is 0 Å². The Balaban J connectivity index is 2.48. The number of nitrogens with zero attached hydrogens (tertiary/aromatic N) is 1. The molecule has 1 aromatic heterocycles. The minimum absolute atomic E-state index is 0.103. The highest BCUT2D eigenvalue weighted by Gasteiger charge is 2.10. The van der Waals surface area contributed by atoms with Crippen molar-refractivity contribution in [1.82, 2.24) is 10.2 Å². The van der Waals surface area contributed by atoms with Crippen LogP contribution in [0.5, 0.6) is 0 Å². The zero-order valence-electron chi connectivity index (χ0n) is 10.4. The Morgan fingerprint density at radius 2 is 1.82 bits per heavy atom. The summed E-state index contributed by atoms with van der Waals surface area (Å²) in [7, 11) is 0. The van der Waals surface area contributed by atoms with Gasteiger partial charge in [-0.25, -0.2) is 5.10 Å². The number of hydrogen-bond donors (Lipinski definition) is 1. The van der Waals surface area contributed by atoms with E-state index < -0.39 is 0 Å². The smallest absolute Gasteiger partial charge is 0.267 e. The molecule has 3 nitrogen and oxygen atoms in total. The molecule has 1 aromatic carbocycles. The standard InChI is InChI=1S/C14H18N2O/c1-3-10(4-2)9-13-11-7-5-6-8-12(11)14(17)16-15-13/h5-8,10H,3-4,9H2,1-2H3,(H,16,17). The van der Waals surface area contributed by atoms with Crippen LogP contribution >= 0.6 is 0 Å². The Bertz CT molecular complexity index is 555. The molecule has 90 valence electrons. The van der Waals surface area contributed by atoms with Crippen LogP contribution in [-0.4, -0.2) is 10.2 Å². The van der Waals surface area contributed by atoms with Crippen LogP contribution in [0, 0.1) is 5.92 Å². The first-order valence-corrected chi connectivity index (χ1v) is 6.22. The van der Waals surface area contributed by atoms with E-state index in [-0.39, 0.29) is 5.56 Å². The van der Waals surface area contributed by atoms with Crippen LogP contribution in [0.4, 0.5) is 0 Å². The lowest BCUT2D eigenvalue weighted by Crippen LogP contribution is -2.13.